The molecule has 0 aliphatic heterocycles. The first-order chi connectivity index (χ1) is 16.3. The van der Waals surface area contributed by atoms with Gasteiger partial charge in [0.1, 0.15) is 0 Å². The Bertz CT molecular complexity index is 1340. The van der Waals surface area contributed by atoms with Crippen LogP contribution in [0, 0.1) is 0 Å². The van der Waals surface area contributed by atoms with Crippen LogP contribution in [0.2, 0.25) is 0 Å². The summed E-state index contributed by atoms with van der Waals surface area (Å²) < 4.78 is 7.16. The van der Waals surface area contributed by atoms with Gasteiger partial charge in [0.15, 0.2) is 5.69 Å². The van der Waals surface area contributed by atoms with Crippen LogP contribution in [0.3, 0.4) is 0 Å². The van der Waals surface area contributed by atoms with Gasteiger partial charge in [0, 0.05) is 5.39 Å². The Morgan fingerprint density at radius 1 is 0.879 bits per heavy atom. The second-order valence-electron chi connectivity index (χ2n) is 7.69. The number of esters is 1. The molecule has 0 bridgehead atoms. The van der Waals surface area contributed by atoms with Crippen molar-refractivity contribution in [1.82, 2.24) is 14.8 Å². The molecule has 0 aliphatic carbocycles. The maximum atomic E-state index is 12.8. The summed E-state index contributed by atoms with van der Waals surface area (Å²) in [7, 11) is 0. The fourth-order valence-electron chi connectivity index (χ4n) is 4.15. The third kappa shape index (κ3) is 4.01. The number of pyridine rings is 1. The number of ether oxygens (including phenoxy) is 1. The van der Waals surface area contributed by atoms with E-state index in [1.54, 1.807) is 13.0 Å². The maximum Gasteiger partial charge on any atom is 0.356 e. The van der Waals surface area contributed by atoms with Gasteiger partial charge in [0.05, 0.1) is 35.6 Å². The van der Waals surface area contributed by atoms with E-state index in [2.05, 4.69) is 29.4 Å². The van der Waals surface area contributed by atoms with Crippen LogP contribution < -0.4 is 0 Å². The van der Waals surface area contributed by atoms with E-state index in [0.717, 1.165) is 33.4 Å². The maximum absolute atomic E-state index is 12.8. The van der Waals surface area contributed by atoms with E-state index in [0.29, 0.717) is 0 Å². The fraction of sp³-hybridized carbons (Fsp3) is 0.107. The van der Waals surface area contributed by atoms with E-state index in [-0.39, 0.29) is 18.2 Å². The molecule has 5 nitrogen and oxygen atoms in total. The molecule has 2 heterocycles. The number of carbonyl (C=O) groups excluding carboxylic acids is 1. The number of fused-ring (bicyclic) bond motifs is 1. The topological polar surface area (TPSA) is 57.0 Å². The van der Waals surface area contributed by atoms with Crippen molar-refractivity contribution < 1.29 is 9.53 Å². The van der Waals surface area contributed by atoms with E-state index in [1.165, 1.54) is 0 Å². The van der Waals surface area contributed by atoms with Gasteiger partial charge in [0.2, 0.25) is 0 Å². The lowest BCUT2D eigenvalue weighted by Crippen LogP contribution is -2.13. The highest BCUT2D eigenvalue weighted by atomic mass is 16.5. The number of carbonyl (C=O) groups is 1. The molecule has 0 spiro atoms. The normalized spacial score (nSPS) is 11.1. The van der Waals surface area contributed by atoms with Crippen LogP contribution in [0.1, 0.15) is 40.2 Å². The molecule has 162 valence electrons. The Morgan fingerprint density at radius 3 is 2.03 bits per heavy atom. The molecule has 0 radical (unpaired) electrons. The molecule has 0 N–H and O–H groups in total. The number of para-hydroxylation sites is 1. The lowest BCUT2D eigenvalue weighted by Gasteiger charge is -2.19. The van der Waals surface area contributed by atoms with Crippen LogP contribution >= 0.6 is 0 Å². The third-order valence-electron chi connectivity index (χ3n) is 5.62. The average molecular weight is 434 g/mol. The van der Waals surface area contributed by atoms with Crippen molar-refractivity contribution >= 4 is 16.9 Å². The predicted molar refractivity (Wildman–Crippen MR) is 129 cm³/mol. The van der Waals surface area contributed by atoms with Gasteiger partial charge in [-0.05, 0) is 36.2 Å². The monoisotopic (exact) mass is 433 g/mol. The van der Waals surface area contributed by atoms with Gasteiger partial charge in [-0.2, -0.15) is 5.10 Å². The molecule has 2 aromatic heterocycles. The van der Waals surface area contributed by atoms with Gasteiger partial charge < -0.3 is 4.74 Å². The average Bonchev–Trinajstić information content (AvgIpc) is 3.30. The van der Waals surface area contributed by atoms with Crippen molar-refractivity contribution in [2.45, 2.75) is 12.8 Å². The highest BCUT2D eigenvalue weighted by Crippen LogP contribution is 2.35. The summed E-state index contributed by atoms with van der Waals surface area (Å²) in [6.45, 7) is 2.08. The Balaban J connectivity index is 1.80. The quantitative estimate of drug-likeness (QED) is 0.319. The second kappa shape index (κ2) is 9.09. The Kier molecular flexibility index (Phi) is 5.68. The highest BCUT2D eigenvalue weighted by molar-refractivity contribution is 5.94. The number of hydrogen-bond donors (Lipinski definition) is 0. The number of aromatic nitrogens is 3. The van der Waals surface area contributed by atoms with Crippen LogP contribution in [0.15, 0.2) is 103 Å². The van der Waals surface area contributed by atoms with Gasteiger partial charge >= 0.3 is 5.97 Å². The molecule has 5 heteroatoms. The summed E-state index contributed by atoms with van der Waals surface area (Å²) >= 11 is 0. The van der Waals surface area contributed by atoms with Gasteiger partial charge in [-0.3, -0.25) is 0 Å². The Morgan fingerprint density at radius 2 is 1.45 bits per heavy atom. The predicted octanol–water partition coefficient (Wildman–Crippen LogP) is 5.78. The van der Waals surface area contributed by atoms with Crippen molar-refractivity contribution in [3.8, 4) is 5.69 Å². The SMILES string of the molecule is CCOC(=O)c1cc2c(cnn2-c2ccccc2)c(C(c2ccccc2)c2ccccc2)n1. The summed E-state index contributed by atoms with van der Waals surface area (Å²) in [5, 5.41) is 5.56. The number of hydrogen-bond acceptors (Lipinski definition) is 4. The third-order valence-corrected chi connectivity index (χ3v) is 5.62. The van der Waals surface area contributed by atoms with Crippen LogP contribution in [-0.4, -0.2) is 27.3 Å². The van der Waals surface area contributed by atoms with E-state index >= 15 is 0 Å². The Labute approximate surface area is 192 Å². The summed E-state index contributed by atoms with van der Waals surface area (Å²) in [6, 6.07) is 32.1. The molecule has 5 rings (SSSR count). The molecule has 0 amide bonds. The summed E-state index contributed by atoms with van der Waals surface area (Å²) in [6.07, 6.45) is 1.83. The molecule has 3 aromatic carbocycles. The zero-order valence-electron chi connectivity index (χ0n) is 18.3. The molecule has 0 saturated heterocycles. The molecule has 5 aromatic rings. The molecule has 0 unspecified atom stereocenters. The first-order valence-electron chi connectivity index (χ1n) is 11.0. The molecule has 0 saturated carbocycles. The molecular weight excluding hydrogens is 410 g/mol. The first kappa shape index (κ1) is 20.6. The minimum Gasteiger partial charge on any atom is -0.461 e. The van der Waals surface area contributed by atoms with Crippen molar-refractivity contribution in [3.63, 3.8) is 0 Å². The van der Waals surface area contributed by atoms with Crippen molar-refractivity contribution in [3.05, 3.63) is 126 Å². The van der Waals surface area contributed by atoms with E-state index < -0.39 is 5.97 Å². The molecule has 33 heavy (non-hydrogen) atoms. The zero-order valence-corrected chi connectivity index (χ0v) is 18.3. The zero-order chi connectivity index (χ0) is 22.6. The summed E-state index contributed by atoms with van der Waals surface area (Å²) in [4.78, 5) is 17.6. The van der Waals surface area contributed by atoms with Crippen LogP contribution in [0.25, 0.3) is 16.6 Å². The number of nitrogens with zero attached hydrogens (tertiary/aromatic N) is 3. The molecular formula is C28H23N3O2. The van der Waals surface area contributed by atoms with Crippen molar-refractivity contribution in [2.75, 3.05) is 6.61 Å². The van der Waals surface area contributed by atoms with Crippen LogP contribution in [0.4, 0.5) is 0 Å². The van der Waals surface area contributed by atoms with E-state index in [4.69, 9.17) is 9.72 Å². The minimum atomic E-state index is -0.443. The van der Waals surface area contributed by atoms with Gasteiger partial charge in [-0.1, -0.05) is 78.9 Å². The minimum absolute atomic E-state index is 0.169. The first-order valence-corrected chi connectivity index (χ1v) is 11.0. The lowest BCUT2D eigenvalue weighted by atomic mass is 9.86. The molecule has 0 atom stereocenters. The fourth-order valence-corrected chi connectivity index (χ4v) is 4.15. The van der Waals surface area contributed by atoms with Crippen molar-refractivity contribution in [2.24, 2.45) is 0 Å². The number of benzene rings is 3. The standard InChI is InChI=1S/C28H23N3O2/c1-2-33-28(32)24-18-25-23(19-29-31(25)22-16-10-5-11-17-22)27(30-24)26(20-12-6-3-7-13-20)21-14-8-4-9-15-21/h3-19,26H,2H2,1H3. The highest BCUT2D eigenvalue weighted by Gasteiger charge is 2.25. The second-order valence-corrected chi connectivity index (χ2v) is 7.69. The molecule has 0 fully saturated rings. The summed E-state index contributed by atoms with van der Waals surface area (Å²) in [5.41, 5.74) is 4.95. The lowest BCUT2D eigenvalue weighted by molar-refractivity contribution is 0.0519. The van der Waals surface area contributed by atoms with Gasteiger partial charge in [0.25, 0.3) is 0 Å². The van der Waals surface area contributed by atoms with Gasteiger partial charge in [-0.25, -0.2) is 14.5 Å². The van der Waals surface area contributed by atoms with Crippen molar-refractivity contribution in [1.29, 1.82) is 0 Å². The smallest absolute Gasteiger partial charge is 0.356 e. The van der Waals surface area contributed by atoms with Crippen LogP contribution in [-0.2, 0) is 4.74 Å². The summed E-state index contributed by atoms with van der Waals surface area (Å²) in [5.74, 6) is -0.612. The molecule has 0 aliphatic rings. The van der Waals surface area contributed by atoms with E-state index in [1.807, 2.05) is 77.6 Å². The largest absolute Gasteiger partial charge is 0.461 e. The van der Waals surface area contributed by atoms with Crippen LogP contribution in [0.5, 0.6) is 0 Å². The Hall–Kier alpha value is -4.25. The number of rotatable bonds is 6. The van der Waals surface area contributed by atoms with E-state index in [9.17, 15) is 4.79 Å². The van der Waals surface area contributed by atoms with Gasteiger partial charge in [-0.15, -0.1) is 0 Å².